The van der Waals surface area contributed by atoms with Crippen molar-refractivity contribution in [2.45, 2.75) is 6.54 Å². The van der Waals surface area contributed by atoms with Gasteiger partial charge in [-0.15, -0.1) is 0 Å². The molecule has 2 aromatic carbocycles. The van der Waals surface area contributed by atoms with Gasteiger partial charge in [0.15, 0.2) is 18.2 Å². The lowest BCUT2D eigenvalue weighted by Crippen LogP contribution is -2.31. The summed E-state index contributed by atoms with van der Waals surface area (Å²) in [6.45, 7) is 0.204. The van der Waals surface area contributed by atoms with Crippen LogP contribution >= 0.6 is 0 Å². The summed E-state index contributed by atoms with van der Waals surface area (Å²) in [5.74, 6) is -0.635. The number of hydrogen-bond donors (Lipinski definition) is 0. The van der Waals surface area contributed by atoms with E-state index in [1.54, 1.807) is 25.4 Å². The molecule has 1 heterocycles. The van der Waals surface area contributed by atoms with Crippen LogP contribution in [0.25, 0.3) is 10.9 Å². The molecule has 24 heavy (non-hydrogen) atoms. The smallest absolute Gasteiger partial charge is 0.260 e. The SMILES string of the molecule is CN(Cc1cnc2ccccc2c1)C(=O)COc1ccccc1F. The lowest BCUT2D eigenvalue weighted by molar-refractivity contribution is -0.132. The van der Waals surface area contributed by atoms with Gasteiger partial charge >= 0.3 is 0 Å². The number of amides is 1. The first kappa shape index (κ1) is 15.9. The van der Waals surface area contributed by atoms with E-state index in [1.165, 1.54) is 17.0 Å². The minimum Gasteiger partial charge on any atom is -0.481 e. The Kier molecular flexibility index (Phi) is 4.70. The third-order valence-corrected chi connectivity index (χ3v) is 3.68. The molecular weight excluding hydrogens is 307 g/mol. The summed E-state index contributed by atoms with van der Waals surface area (Å²) in [4.78, 5) is 18.1. The van der Waals surface area contributed by atoms with E-state index in [1.807, 2.05) is 30.3 Å². The maximum Gasteiger partial charge on any atom is 0.260 e. The van der Waals surface area contributed by atoms with Crippen molar-refractivity contribution in [1.29, 1.82) is 0 Å². The van der Waals surface area contributed by atoms with E-state index in [9.17, 15) is 9.18 Å². The monoisotopic (exact) mass is 324 g/mol. The highest BCUT2D eigenvalue weighted by atomic mass is 19.1. The van der Waals surface area contributed by atoms with E-state index in [0.29, 0.717) is 6.54 Å². The average Bonchev–Trinajstić information content (AvgIpc) is 2.60. The molecule has 0 N–H and O–H groups in total. The Balaban J connectivity index is 1.61. The first-order valence-corrected chi connectivity index (χ1v) is 7.58. The number of benzene rings is 2. The molecule has 0 aliphatic heterocycles. The quantitative estimate of drug-likeness (QED) is 0.722. The number of carbonyl (C=O) groups is 1. The number of halogens is 1. The molecule has 0 radical (unpaired) electrons. The largest absolute Gasteiger partial charge is 0.481 e. The summed E-state index contributed by atoms with van der Waals surface area (Å²) < 4.78 is 18.7. The Hall–Kier alpha value is -2.95. The molecule has 3 rings (SSSR count). The van der Waals surface area contributed by atoms with Crippen LogP contribution in [0, 0.1) is 5.82 Å². The highest BCUT2D eigenvalue weighted by Crippen LogP contribution is 2.16. The molecule has 0 spiro atoms. The molecule has 0 saturated heterocycles. The van der Waals surface area contributed by atoms with Gasteiger partial charge in [0.2, 0.25) is 0 Å². The normalized spacial score (nSPS) is 10.6. The van der Waals surface area contributed by atoms with Crippen molar-refractivity contribution in [3.8, 4) is 5.75 Å². The Morgan fingerprint density at radius 1 is 1.17 bits per heavy atom. The molecule has 1 amide bonds. The third kappa shape index (κ3) is 3.68. The first-order chi connectivity index (χ1) is 11.6. The van der Waals surface area contributed by atoms with Crippen LogP contribution < -0.4 is 4.74 Å². The average molecular weight is 324 g/mol. The highest BCUT2D eigenvalue weighted by molar-refractivity contribution is 5.79. The topological polar surface area (TPSA) is 42.4 Å². The summed E-state index contributed by atoms with van der Waals surface area (Å²) in [6, 6.07) is 15.8. The number of fused-ring (bicyclic) bond motifs is 1. The number of rotatable bonds is 5. The van der Waals surface area contributed by atoms with Gasteiger partial charge in [0.05, 0.1) is 5.52 Å². The number of para-hydroxylation sites is 2. The summed E-state index contributed by atoms with van der Waals surface area (Å²) >= 11 is 0. The van der Waals surface area contributed by atoms with Crippen molar-refractivity contribution in [2.24, 2.45) is 0 Å². The molecule has 3 aromatic rings. The minimum atomic E-state index is -0.480. The van der Waals surface area contributed by atoms with Gasteiger partial charge in [-0.05, 0) is 29.8 Å². The van der Waals surface area contributed by atoms with E-state index < -0.39 is 5.82 Å². The van der Waals surface area contributed by atoms with Crippen molar-refractivity contribution in [2.75, 3.05) is 13.7 Å². The van der Waals surface area contributed by atoms with Crippen molar-refractivity contribution < 1.29 is 13.9 Å². The lowest BCUT2D eigenvalue weighted by Gasteiger charge is -2.17. The number of carbonyl (C=O) groups excluding carboxylic acids is 1. The number of likely N-dealkylation sites (N-methyl/N-ethyl adjacent to an activating group) is 1. The second-order valence-corrected chi connectivity index (χ2v) is 5.51. The van der Waals surface area contributed by atoms with E-state index in [4.69, 9.17) is 4.74 Å². The molecule has 0 bridgehead atoms. The maximum absolute atomic E-state index is 13.5. The number of pyridine rings is 1. The lowest BCUT2D eigenvalue weighted by atomic mass is 10.1. The molecule has 0 unspecified atom stereocenters. The van der Waals surface area contributed by atoms with Crippen LogP contribution in [0.1, 0.15) is 5.56 Å². The highest BCUT2D eigenvalue weighted by Gasteiger charge is 2.12. The summed E-state index contributed by atoms with van der Waals surface area (Å²) in [5, 5.41) is 1.03. The zero-order chi connectivity index (χ0) is 16.9. The minimum absolute atomic E-state index is 0.0756. The number of aromatic nitrogens is 1. The van der Waals surface area contributed by atoms with E-state index in [-0.39, 0.29) is 18.3 Å². The molecule has 5 heteroatoms. The van der Waals surface area contributed by atoms with Gasteiger partial charge in [0.1, 0.15) is 0 Å². The van der Waals surface area contributed by atoms with Gasteiger partial charge in [-0.3, -0.25) is 9.78 Å². The van der Waals surface area contributed by atoms with Crippen LogP contribution in [0.15, 0.2) is 60.8 Å². The van der Waals surface area contributed by atoms with Crippen molar-refractivity contribution >= 4 is 16.8 Å². The van der Waals surface area contributed by atoms with Gasteiger partial charge in [-0.2, -0.15) is 0 Å². The maximum atomic E-state index is 13.5. The fourth-order valence-electron chi connectivity index (χ4n) is 2.38. The van der Waals surface area contributed by atoms with Crippen LogP contribution in [0.2, 0.25) is 0 Å². The molecule has 0 aliphatic carbocycles. The second-order valence-electron chi connectivity index (χ2n) is 5.51. The Morgan fingerprint density at radius 2 is 1.92 bits per heavy atom. The van der Waals surface area contributed by atoms with E-state index in [0.717, 1.165) is 16.5 Å². The molecule has 0 aliphatic rings. The fourth-order valence-corrected chi connectivity index (χ4v) is 2.38. The van der Waals surface area contributed by atoms with Crippen molar-refractivity contribution in [1.82, 2.24) is 9.88 Å². The van der Waals surface area contributed by atoms with E-state index in [2.05, 4.69) is 4.98 Å². The fraction of sp³-hybridized carbons (Fsp3) is 0.158. The van der Waals surface area contributed by atoms with Gasteiger partial charge < -0.3 is 9.64 Å². The molecule has 0 atom stereocenters. The molecule has 122 valence electrons. The first-order valence-electron chi connectivity index (χ1n) is 7.58. The predicted molar refractivity (Wildman–Crippen MR) is 90.1 cm³/mol. The second kappa shape index (κ2) is 7.08. The van der Waals surface area contributed by atoms with Crippen LogP contribution in [-0.2, 0) is 11.3 Å². The van der Waals surface area contributed by atoms with Crippen LogP contribution in [-0.4, -0.2) is 29.4 Å². The Bertz CT molecular complexity index is 867. The number of hydrogen-bond acceptors (Lipinski definition) is 3. The summed E-state index contributed by atoms with van der Waals surface area (Å²) in [5.41, 5.74) is 1.84. The Morgan fingerprint density at radius 3 is 2.75 bits per heavy atom. The van der Waals surface area contributed by atoms with Gasteiger partial charge in [-0.25, -0.2) is 4.39 Å². The summed E-state index contributed by atoms with van der Waals surface area (Å²) in [6.07, 6.45) is 1.75. The number of nitrogens with zero attached hydrogens (tertiary/aromatic N) is 2. The van der Waals surface area contributed by atoms with Crippen molar-refractivity contribution in [3.63, 3.8) is 0 Å². The molecule has 4 nitrogen and oxygen atoms in total. The van der Waals surface area contributed by atoms with Crippen LogP contribution in [0.3, 0.4) is 0 Å². The number of ether oxygens (including phenoxy) is 1. The molecule has 0 fully saturated rings. The molecule has 1 aromatic heterocycles. The summed E-state index contributed by atoms with van der Waals surface area (Å²) in [7, 11) is 1.68. The molecule has 0 saturated carbocycles. The zero-order valence-corrected chi connectivity index (χ0v) is 13.3. The van der Waals surface area contributed by atoms with Gasteiger partial charge in [-0.1, -0.05) is 30.3 Å². The van der Waals surface area contributed by atoms with Gasteiger partial charge in [0, 0.05) is 25.2 Å². The van der Waals surface area contributed by atoms with Gasteiger partial charge in [0.25, 0.3) is 5.91 Å². The van der Waals surface area contributed by atoms with Crippen LogP contribution in [0.4, 0.5) is 4.39 Å². The Labute approximate surface area is 139 Å². The van der Waals surface area contributed by atoms with E-state index >= 15 is 0 Å². The zero-order valence-electron chi connectivity index (χ0n) is 13.3. The third-order valence-electron chi connectivity index (χ3n) is 3.68. The van der Waals surface area contributed by atoms with Crippen LogP contribution in [0.5, 0.6) is 5.75 Å². The van der Waals surface area contributed by atoms with Crippen molar-refractivity contribution in [3.05, 3.63) is 72.2 Å². The standard InChI is InChI=1S/C19H17FN2O2/c1-22(19(23)13-24-18-9-5-3-7-16(18)20)12-14-10-15-6-2-4-8-17(15)21-11-14/h2-11H,12-13H2,1H3. The predicted octanol–water partition coefficient (Wildman–Crippen LogP) is 3.41. The molecular formula is C19H17FN2O2.